The van der Waals surface area contributed by atoms with Crippen molar-refractivity contribution < 1.29 is 14.6 Å². The number of hydrogen-bond donors (Lipinski definition) is 1. The Kier molecular flexibility index (Phi) is 6.06. The van der Waals surface area contributed by atoms with Gasteiger partial charge in [0.25, 0.3) is 0 Å². The van der Waals surface area contributed by atoms with E-state index in [4.69, 9.17) is 4.74 Å². The van der Waals surface area contributed by atoms with Crippen LogP contribution in [0, 0.1) is 17.8 Å². The summed E-state index contributed by atoms with van der Waals surface area (Å²) in [5.41, 5.74) is 0. The molecule has 4 heteroatoms. The first-order chi connectivity index (χ1) is 10.0. The quantitative estimate of drug-likeness (QED) is 0.819. The lowest BCUT2D eigenvalue weighted by Crippen LogP contribution is -2.50. The maximum Gasteiger partial charge on any atom is 0.310 e. The second-order valence-corrected chi connectivity index (χ2v) is 7.20. The number of ether oxygens (including phenoxy) is 1. The molecule has 4 nitrogen and oxygen atoms in total. The Morgan fingerprint density at radius 2 is 2.10 bits per heavy atom. The van der Waals surface area contributed by atoms with Gasteiger partial charge in [-0.2, -0.15) is 0 Å². The van der Waals surface area contributed by atoms with Crippen molar-refractivity contribution in [3.05, 3.63) is 0 Å². The topological polar surface area (TPSA) is 49.8 Å². The molecule has 1 saturated carbocycles. The van der Waals surface area contributed by atoms with Crippen LogP contribution < -0.4 is 0 Å². The molecule has 4 atom stereocenters. The molecule has 122 valence electrons. The van der Waals surface area contributed by atoms with Crippen LogP contribution in [0.2, 0.25) is 0 Å². The normalized spacial score (nSPS) is 33.8. The monoisotopic (exact) mass is 297 g/mol. The highest BCUT2D eigenvalue weighted by atomic mass is 16.5. The largest absolute Gasteiger partial charge is 0.481 e. The number of likely N-dealkylation sites (N-methyl/N-ethyl adjacent to an activating group) is 1. The number of nitrogens with zero attached hydrogens (tertiary/aromatic N) is 1. The first kappa shape index (κ1) is 16.8. The smallest absolute Gasteiger partial charge is 0.310 e. The van der Waals surface area contributed by atoms with Gasteiger partial charge < -0.3 is 9.84 Å². The standard InChI is InChI=1S/C17H31NO3/c1-4-18(16-11-21-10-15(16)17(19)20)14-7-5-6-13(9-14)8-12(2)3/h12-16H,4-11H2,1-3H3,(H,19,20). The fourth-order valence-corrected chi connectivity index (χ4v) is 4.31. The molecule has 1 aliphatic heterocycles. The van der Waals surface area contributed by atoms with Gasteiger partial charge in [-0.1, -0.05) is 33.6 Å². The molecule has 0 spiro atoms. The predicted octanol–water partition coefficient (Wildman–Crippen LogP) is 3.01. The molecule has 1 N–H and O–H groups in total. The van der Waals surface area contributed by atoms with Crippen LogP contribution in [0.1, 0.15) is 52.9 Å². The second-order valence-electron chi connectivity index (χ2n) is 7.20. The van der Waals surface area contributed by atoms with Crippen molar-refractivity contribution in [2.75, 3.05) is 19.8 Å². The first-order valence-electron chi connectivity index (χ1n) is 8.59. The fraction of sp³-hybridized carbons (Fsp3) is 0.941. The van der Waals surface area contributed by atoms with Crippen molar-refractivity contribution in [1.29, 1.82) is 0 Å². The van der Waals surface area contributed by atoms with E-state index < -0.39 is 5.97 Å². The Labute approximate surface area is 128 Å². The Morgan fingerprint density at radius 1 is 1.33 bits per heavy atom. The Bertz CT molecular complexity index is 345. The molecule has 0 amide bonds. The van der Waals surface area contributed by atoms with Gasteiger partial charge in [-0.25, -0.2) is 0 Å². The van der Waals surface area contributed by atoms with Crippen molar-refractivity contribution in [2.24, 2.45) is 17.8 Å². The molecule has 2 rings (SSSR count). The van der Waals surface area contributed by atoms with Crippen LogP contribution in [0.25, 0.3) is 0 Å². The predicted molar refractivity (Wildman–Crippen MR) is 83.3 cm³/mol. The number of carboxylic acids is 1. The Balaban J connectivity index is 2.01. The molecule has 0 aromatic heterocycles. The third-order valence-corrected chi connectivity index (χ3v) is 5.19. The summed E-state index contributed by atoms with van der Waals surface area (Å²) in [7, 11) is 0. The van der Waals surface area contributed by atoms with Gasteiger partial charge >= 0.3 is 5.97 Å². The molecular formula is C17H31NO3. The van der Waals surface area contributed by atoms with Crippen molar-refractivity contribution >= 4 is 5.97 Å². The van der Waals surface area contributed by atoms with E-state index in [1.807, 2.05) is 0 Å². The van der Waals surface area contributed by atoms with Crippen molar-refractivity contribution in [3.8, 4) is 0 Å². The van der Waals surface area contributed by atoms with E-state index in [-0.39, 0.29) is 12.0 Å². The van der Waals surface area contributed by atoms with Crippen LogP contribution in [-0.4, -0.2) is 47.8 Å². The maximum atomic E-state index is 11.4. The molecule has 0 bridgehead atoms. The van der Waals surface area contributed by atoms with Crippen molar-refractivity contribution in [2.45, 2.75) is 65.0 Å². The summed E-state index contributed by atoms with van der Waals surface area (Å²) in [6, 6.07) is 0.608. The zero-order chi connectivity index (χ0) is 15.4. The van der Waals surface area contributed by atoms with E-state index in [1.165, 1.54) is 32.1 Å². The van der Waals surface area contributed by atoms with Gasteiger partial charge in [0.1, 0.15) is 0 Å². The van der Waals surface area contributed by atoms with Crippen LogP contribution in [0.15, 0.2) is 0 Å². The van der Waals surface area contributed by atoms with E-state index in [1.54, 1.807) is 0 Å². The van der Waals surface area contributed by atoms with Crippen molar-refractivity contribution in [3.63, 3.8) is 0 Å². The van der Waals surface area contributed by atoms with Gasteiger partial charge in [-0.05, 0) is 37.6 Å². The Hall–Kier alpha value is -0.610. The maximum absolute atomic E-state index is 11.4. The van der Waals surface area contributed by atoms with Gasteiger partial charge in [-0.15, -0.1) is 0 Å². The molecule has 0 radical (unpaired) electrons. The summed E-state index contributed by atoms with van der Waals surface area (Å²) >= 11 is 0. The minimum Gasteiger partial charge on any atom is -0.481 e. The lowest BCUT2D eigenvalue weighted by molar-refractivity contribution is -0.143. The highest BCUT2D eigenvalue weighted by Crippen LogP contribution is 2.34. The molecule has 0 aromatic carbocycles. The molecule has 1 heterocycles. The second kappa shape index (κ2) is 7.59. The van der Waals surface area contributed by atoms with Crippen LogP contribution in [0.5, 0.6) is 0 Å². The first-order valence-corrected chi connectivity index (χ1v) is 8.59. The minimum absolute atomic E-state index is 0.0651. The van der Waals surface area contributed by atoms with E-state index in [0.29, 0.717) is 19.3 Å². The van der Waals surface area contributed by atoms with Gasteiger partial charge in [0, 0.05) is 12.1 Å². The average Bonchev–Trinajstić information content (AvgIpc) is 2.88. The zero-order valence-electron chi connectivity index (χ0n) is 13.8. The third-order valence-electron chi connectivity index (χ3n) is 5.19. The summed E-state index contributed by atoms with van der Waals surface area (Å²) in [5, 5.41) is 9.39. The van der Waals surface area contributed by atoms with Gasteiger partial charge in [0.05, 0.1) is 19.1 Å². The van der Waals surface area contributed by atoms with Crippen molar-refractivity contribution in [1.82, 2.24) is 4.90 Å². The van der Waals surface area contributed by atoms with Crippen LogP contribution >= 0.6 is 0 Å². The summed E-state index contributed by atoms with van der Waals surface area (Å²) in [5.74, 6) is 0.509. The molecule has 2 aliphatic rings. The van der Waals surface area contributed by atoms with Gasteiger partial charge in [0.2, 0.25) is 0 Å². The Morgan fingerprint density at radius 3 is 2.71 bits per heavy atom. The lowest BCUT2D eigenvalue weighted by Gasteiger charge is -2.41. The van der Waals surface area contributed by atoms with Gasteiger partial charge in [-0.3, -0.25) is 9.69 Å². The number of rotatable bonds is 6. The van der Waals surface area contributed by atoms with Gasteiger partial charge in [0.15, 0.2) is 0 Å². The number of hydrogen-bond acceptors (Lipinski definition) is 3. The molecular weight excluding hydrogens is 266 g/mol. The third kappa shape index (κ3) is 4.19. The van der Waals surface area contributed by atoms with E-state index in [2.05, 4.69) is 25.7 Å². The summed E-state index contributed by atoms with van der Waals surface area (Å²) in [6.45, 7) is 8.63. The average molecular weight is 297 g/mol. The molecule has 21 heavy (non-hydrogen) atoms. The summed E-state index contributed by atoms with van der Waals surface area (Å²) in [6.07, 6.45) is 6.37. The highest BCUT2D eigenvalue weighted by Gasteiger charge is 2.40. The van der Waals surface area contributed by atoms with Crippen LogP contribution in [0.4, 0.5) is 0 Å². The number of carbonyl (C=O) groups is 1. The highest BCUT2D eigenvalue weighted by molar-refractivity contribution is 5.71. The molecule has 1 aliphatic carbocycles. The van der Waals surface area contributed by atoms with Crippen LogP contribution in [-0.2, 0) is 9.53 Å². The fourth-order valence-electron chi connectivity index (χ4n) is 4.31. The number of carboxylic acid groups (broad SMARTS) is 1. The minimum atomic E-state index is -0.703. The van der Waals surface area contributed by atoms with E-state index in [9.17, 15) is 9.90 Å². The van der Waals surface area contributed by atoms with E-state index in [0.717, 1.165) is 18.4 Å². The lowest BCUT2D eigenvalue weighted by atomic mass is 9.80. The summed E-state index contributed by atoms with van der Waals surface area (Å²) < 4.78 is 5.47. The SMILES string of the molecule is CCN(C1CCCC(CC(C)C)C1)C1COCC1C(=O)O. The molecule has 4 unspecified atom stereocenters. The van der Waals surface area contributed by atoms with E-state index >= 15 is 0 Å². The molecule has 1 saturated heterocycles. The number of aliphatic carboxylic acids is 1. The molecule has 2 fully saturated rings. The zero-order valence-corrected chi connectivity index (χ0v) is 13.8. The molecule has 0 aromatic rings. The van der Waals surface area contributed by atoms with Crippen LogP contribution in [0.3, 0.4) is 0 Å². The summed E-state index contributed by atoms with van der Waals surface area (Å²) in [4.78, 5) is 13.8.